The van der Waals surface area contributed by atoms with Gasteiger partial charge in [-0.1, -0.05) is 6.07 Å². The fourth-order valence-electron chi connectivity index (χ4n) is 1.02. The summed E-state index contributed by atoms with van der Waals surface area (Å²) in [7, 11) is 0. The van der Waals surface area contributed by atoms with Gasteiger partial charge in [0, 0.05) is 6.07 Å². The number of tetrazole rings is 1. The Morgan fingerprint density at radius 3 is 2.85 bits per heavy atom. The molecule has 13 heavy (non-hydrogen) atoms. The van der Waals surface area contributed by atoms with Crippen LogP contribution in [0, 0.1) is 6.92 Å². The second kappa shape index (κ2) is 2.85. The van der Waals surface area contributed by atoms with Crippen LogP contribution in [0.25, 0.3) is 5.69 Å². The van der Waals surface area contributed by atoms with Gasteiger partial charge >= 0.3 is 0 Å². The van der Waals surface area contributed by atoms with Crippen molar-refractivity contribution in [3.63, 3.8) is 0 Å². The minimum absolute atomic E-state index is 0.244. The Labute approximate surface area is 74.6 Å². The summed E-state index contributed by atoms with van der Waals surface area (Å²) in [6.07, 6.45) is 1.48. The summed E-state index contributed by atoms with van der Waals surface area (Å²) < 4.78 is 1.49. The van der Waals surface area contributed by atoms with E-state index in [0.717, 1.165) is 11.3 Å². The van der Waals surface area contributed by atoms with Crippen LogP contribution in [0.2, 0.25) is 0 Å². The van der Waals surface area contributed by atoms with Crippen molar-refractivity contribution in [1.82, 2.24) is 20.2 Å². The summed E-state index contributed by atoms with van der Waals surface area (Å²) in [5, 5.41) is 20.1. The molecule has 5 heteroatoms. The lowest BCUT2D eigenvalue weighted by atomic mass is 10.2. The van der Waals surface area contributed by atoms with E-state index in [4.69, 9.17) is 0 Å². The highest BCUT2D eigenvalue weighted by Gasteiger charge is 2.00. The minimum atomic E-state index is 0.244. The van der Waals surface area contributed by atoms with Gasteiger partial charge in [0.1, 0.15) is 12.1 Å². The molecule has 1 N–H and O–H groups in total. The molecule has 0 saturated carbocycles. The van der Waals surface area contributed by atoms with Crippen LogP contribution >= 0.6 is 0 Å². The van der Waals surface area contributed by atoms with E-state index in [1.807, 2.05) is 19.1 Å². The van der Waals surface area contributed by atoms with Gasteiger partial charge in [0.05, 0.1) is 5.69 Å². The van der Waals surface area contributed by atoms with Gasteiger partial charge in [-0.25, -0.2) is 4.68 Å². The standard InChI is InChI=1S/C8H8N4O/c1-6-2-3-7(4-8(6)13)12-5-9-10-11-12/h2-5,13H,1H3. The number of nitrogens with zero attached hydrogens (tertiary/aromatic N) is 4. The average Bonchev–Trinajstić information content (AvgIpc) is 2.62. The van der Waals surface area contributed by atoms with Gasteiger partial charge < -0.3 is 5.11 Å². The predicted octanol–water partition coefficient (Wildman–Crippen LogP) is 0.676. The number of benzene rings is 1. The average molecular weight is 176 g/mol. The Morgan fingerprint density at radius 2 is 2.23 bits per heavy atom. The van der Waals surface area contributed by atoms with Crippen LogP contribution in [0.4, 0.5) is 0 Å². The molecule has 0 aliphatic heterocycles. The Bertz CT molecular complexity index is 410. The molecular formula is C8H8N4O. The molecule has 0 radical (unpaired) electrons. The van der Waals surface area contributed by atoms with Crippen molar-refractivity contribution in [2.45, 2.75) is 6.92 Å². The zero-order chi connectivity index (χ0) is 9.26. The van der Waals surface area contributed by atoms with E-state index in [2.05, 4.69) is 15.5 Å². The Hall–Kier alpha value is -1.91. The molecule has 0 aliphatic rings. The van der Waals surface area contributed by atoms with Crippen molar-refractivity contribution < 1.29 is 5.11 Å². The maximum absolute atomic E-state index is 9.42. The molecule has 0 unspecified atom stereocenters. The summed E-state index contributed by atoms with van der Waals surface area (Å²) in [5.74, 6) is 0.244. The zero-order valence-corrected chi connectivity index (χ0v) is 7.05. The van der Waals surface area contributed by atoms with Crippen LogP contribution in [-0.2, 0) is 0 Å². The van der Waals surface area contributed by atoms with Crippen molar-refractivity contribution in [1.29, 1.82) is 0 Å². The molecule has 0 fully saturated rings. The first kappa shape index (κ1) is 7.72. The fourth-order valence-corrected chi connectivity index (χ4v) is 1.02. The maximum atomic E-state index is 9.42. The molecular weight excluding hydrogens is 168 g/mol. The monoisotopic (exact) mass is 176 g/mol. The highest BCUT2D eigenvalue weighted by molar-refractivity contribution is 5.42. The van der Waals surface area contributed by atoms with Gasteiger partial charge in [-0.05, 0) is 29.0 Å². The molecule has 1 heterocycles. The largest absolute Gasteiger partial charge is 0.508 e. The topological polar surface area (TPSA) is 63.8 Å². The van der Waals surface area contributed by atoms with Gasteiger partial charge in [-0.15, -0.1) is 5.10 Å². The maximum Gasteiger partial charge on any atom is 0.143 e. The molecule has 2 rings (SSSR count). The SMILES string of the molecule is Cc1ccc(-n2cnnn2)cc1O. The molecule has 66 valence electrons. The van der Waals surface area contributed by atoms with Crippen LogP contribution < -0.4 is 0 Å². The Kier molecular flexibility index (Phi) is 1.70. The lowest BCUT2D eigenvalue weighted by Gasteiger charge is -2.01. The number of aromatic nitrogens is 4. The smallest absolute Gasteiger partial charge is 0.143 e. The van der Waals surface area contributed by atoms with E-state index in [-0.39, 0.29) is 5.75 Å². The number of aromatic hydroxyl groups is 1. The van der Waals surface area contributed by atoms with E-state index in [1.54, 1.807) is 6.07 Å². The van der Waals surface area contributed by atoms with Gasteiger partial charge in [0.25, 0.3) is 0 Å². The molecule has 0 amide bonds. The number of hydrogen-bond acceptors (Lipinski definition) is 4. The van der Waals surface area contributed by atoms with E-state index < -0.39 is 0 Å². The molecule has 0 aliphatic carbocycles. The molecule has 1 aromatic carbocycles. The molecule has 0 spiro atoms. The number of rotatable bonds is 1. The summed E-state index contributed by atoms with van der Waals surface area (Å²) in [5.41, 5.74) is 1.57. The van der Waals surface area contributed by atoms with Crippen LogP contribution in [0.15, 0.2) is 24.5 Å². The molecule has 0 atom stereocenters. The first-order valence-corrected chi connectivity index (χ1v) is 3.80. The minimum Gasteiger partial charge on any atom is -0.508 e. The Balaban J connectivity index is 2.49. The van der Waals surface area contributed by atoms with Crippen molar-refractivity contribution >= 4 is 0 Å². The lowest BCUT2D eigenvalue weighted by Crippen LogP contribution is -1.94. The second-order valence-corrected chi connectivity index (χ2v) is 2.73. The van der Waals surface area contributed by atoms with Gasteiger partial charge in [0.15, 0.2) is 0 Å². The summed E-state index contributed by atoms with van der Waals surface area (Å²) >= 11 is 0. The van der Waals surface area contributed by atoms with Crippen LogP contribution in [0.3, 0.4) is 0 Å². The summed E-state index contributed by atoms with van der Waals surface area (Å²) in [4.78, 5) is 0. The third-order valence-corrected chi connectivity index (χ3v) is 1.81. The number of phenolic OH excluding ortho intramolecular Hbond substituents is 1. The van der Waals surface area contributed by atoms with E-state index in [1.165, 1.54) is 11.0 Å². The van der Waals surface area contributed by atoms with Crippen molar-refractivity contribution in [3.8, 4) is 11.4 Å². The summed E-state index contributed by atoms with van der Waals surface area (Å²) in [6, 6.07) is 5.27. The molecule has 0 bridgehead atoms. The Morgan fingerprint density at radius 1 is 1.38 bits per heavy atom. The highest BCUT2D eigenvalue weighted by atomic mass is 16.3. The molecule has 1 aromatic heterocycles. The zero-order valence-electron chi connectivity index (χ0n) is 7.05. The third kappa shape index (κ3) is 1.35. The lowest BCUT2D eigenvalue weighted by molar-refractivity contribution is 0.470. The highest BCUT2D eigenvalue weighted by Crippen LogP contribution is 2.18. The normalized spacial score (nSPS) is 10.2. The summed E-state index contributed by atoms with van der Waals surface area (Å²) in [6.45, 7) is 1.83. The van der Waals surface area contributed by atoms with E-state index in [9.17, 15) is 5.11 Å². The fraction of sp³-hybridized carbons (Fsp3) is 0.125. The predicted molar refractivity (Wildman–Crippen MR) is 45.6 cm³/mol. The van der Waals surface area contributed by atoms with Crippen molar-refractivity contribution in [2.75, 3.05) is 0 Å². The number of aryl methyl sites for hydroxylation is 1. The number of hydrogen-bond donors (Lipinski definition) is 1. The number of phenols is 1. The van der Waals surface area contributed by atoms with Crippen LogP contribution in [0.1, 0.15) is 5.56 Å². The van der Waals surface area contributed by atoms with E-state index >= 15 is 0 Å². The van der Waals surface area contributed by atoms with Crippen molar-refractivity contribution in [3.05, 3.63) is 30.1 Å². The van der Waals surface area contributed by atoms with Crippen LogP contribution in [0.5, 0.6) is 5.75 Å². The van der Waals surface area contributed by atoms with Crippen LogP contribution in [-0.4, -0.2) is 25.3 Å². The van der Waals surface area contributed by atoms with Crippen molar-refractivity contribution in [2.24, 2.45) is 0 Å². The molecule has 2 aromatic rings. The third-order valence-electron chi connectivity index (χ3n) is 1.81. The quantitative estimate of drug-likeness (QED) is 0.693. The molecule has 5 nitrogen and oxygen atoms in total. The van der Waals surface area contributed by atoms with Gasteiger partial charge in [0.2, 0.25) is 0 Å². The second-order valence-electron chi connectivity index (χ2n) is 2.73. The van der Waals surface area contributed by atoms with E-state index in [0.29, 0.717) is 0 Å². The first-order valence-electron chi connectivity index (χ1n) is 3.80. The first-order chi connectivity index (χ1) is 6.27. The van der Waals surface area contributed by atoms with Gasteiger partial charge in [-0.2, -0.15) is 0 Å². The molecule has 0 saturated heterocycles. The van der Waals surface area contributed by atoms with Gasteiger partial charge in [-0.3, -0.25) is 0 Å².